The first-order chi connectivity index (χ1) is 28.9. The summed E-state index contributed by atoms with van der Waals surface area (Å²) in [5.74, 6) is -4.28. The molecule has 18 heteroatoms. The highest BCUT2D eigenvalue weighted by Crippen LogP contribution is 2.24. The summed E-state index contributed by atoms with van der Waals surface area (Å²) in [7, 11) is 0. The van der Waals surface area contributed by atoms with Crippen LogP contribution in [0.3, 0.4) is 0 Å². The Morgan fingerprint density at radius 1 is 0.333 bits per heavy atom. The quantitative estimate of drug-likeness (QED) is 0.0728. The number of hydrogen-bond acceptors (Lipinski definition) is 18. The third-order valence-electron chi connectivity index (χ3n) is 7.63. The third kappa shape index (κ3) is 13.2. The SMILES string of the molecule is CCOC(=O)c1cc(OCc2cc(COc3cc(C(=O)OCC)nc(C(=O)OCC)c3)cc(COc3cc(C(=O)OCC)nc(C(=O)OCC)c3)c2)cc(C(=O)OCC)n1. The lowest BCUT2D eigenvalue weighted by molar-refractivity contribution is 0.0491. The van der Waals surface area contributed by atoms with E-state index in [-0.39, 0.29) is 111 Å². The van der Waals surface area contributed by atoms with Crippen molar-refractivity contribution in [3.63, 3.8) is 0 Å². The van der Waals surface area contributed by atoms with E-state index in [9.17, 15) is 28.8 Å². The molecule has 0 radical (unpaired) electrons. The van der Waals surface area contributed by atoms with E-state index in [1.807, 2.05) is 0 Å². The average molecular weight is 832 g/mol. The van der Waals surface area contributed by atoms with Crippen LogP contribution < -0.4 is 14.2 Å². The van der Waals surface area contributed by atoms with Gasteiger partial charge in [-0.25, -0.2) is 43.7 Å². The standard InChI is InChI=1S/C42H45N3O15/c1-7-52-37(46)31-16-28(17-32(43-31)38(47)53-8-2)58-22-25-13-26(23-59-29-18-33(39(48)54-9-3)44-34(19-29)40(49)55-10-4)15-27(14-25)24-60-30-20-35(41(50)56-11-5)45-36(21-30)42(51)57-12-6/h13-21H,7-12,22-24H2,1-6H3. The molecule has 0 amide bonds. The molecule has 0 aliphatic rings. The van der Waals surface area contributed by atoms with Gasteiger partial charge in [-0.3, -0.25) is 0 Å². The highest BCUT2D eigenvalue weighted by molar-refractivity contribution is 5.94. The Hall–Kier alpha value is -7.11. The molecule has 0 aliphatic heterocycles. The number of hydrogen-bond donors (Lipinski definition) is 0. The summed E-state index contributed by atoms with van der Waals surface area (Å²) < 4.78 is 48.7. The fourth-order valence-corrected chi connectivity index (χ4v) is 5.21. The van der Waals surface area contributed by atoms with Crippen molar-refractivity contribution in [1.29, 1.82) is 0 Å². The number of pyridine rings is 3. The molecule has 0 unspecified atom stereocenters. The molecule has 60 heavy (non-hydrogen) atoms. The molecule has 3 heterocycles. The van der Waals surface area contributed by atoms with Gasteiger partial charge in [0.05, 0.1) is 39.6 Å². The van der Waals surface area contributed by atoms with E-state index in [1.165, 1.54) is 36.4 Å². The smallest absolute Gasteiger partial charge is 0.357 e. The summed E-state index contributed by atoms with van der Waals surface area (Å²) in [5, 5.41) is 0. The van der Waals surface area contributed by atoms with Gasteiger partial charge in [-0.15, -0.1) is 0 Å². The first-order valence-electron chi connectivity index (χ1n) is 19.0. The normalized spacial score (nSPS) is 10.5. The molecule has 0 saturated heterocycles. The number of rotatable bonds is 21. The van der Waals surface area contributed by atoms with E-state index >= 15 is 0 Å². The van der Waals surface area contributed by atoms with Crippen molar-refractivity contribution < 1.29 is 71.4 Å². The molecule has 1 aromatic carbocycles. The van der Waals surface area contributed by atoms with Gasteiger partial charge in [-0.1, -0.05) is 0 Å². The van der Waals surface area contributed by atoms with Crippen LogP contribution in [-0.2, 0) is 48.2 Å². The van der Waals surface area contributed by atoms with Crippen LogP contribution in [0.1, 0.15) is 121 Å². The van der Waals surface area contributed by atoms with Crippen LogP contribution in [0.4, 0.5) is 0 Å². The lowest BCUT2D eigenvalue weighted by atomic mass is 10.1. The van der Waals surface area contributed by atoms with E-state index in [1.54, 1.807) is 59.7 Å². The maximum Gasteiger partial charge on any atom is 0.357 e. The number of carbonyl (C=O) groups excluding carboxylic acids is 6. The van der Waals surface area contributed by atoms with Gasteiger partial charge in [0.15, 0.2) is 34.2 Å². The second-order valence-corrected chi connectivity index (χ2v) is 12.1. The first kappa shape index (κ1) is 45.6. The summed E-state index contributed by atoms with van der Waals surface area (Å²) in [5.41, 5.74) is 0.665. The van der Waals surface area contributed by atoms with Gasteiger partial charge >= 0.3 is 35.8 Å². The second kappa shape index (κ2) is 22.7. The molecule has 0 N–H and O–H groups in total. The summed E-state index contributed by atoms with van der Waals surface area (Å²) in [6, 6.07) is 13.2. The summed E-state index contributed by atoms with van der Waals surface area (Å²) in [6.45, 7) is 9.86. The average Bonchev–Trinajstić information content (AvgIpc) is 3.24. The van der Waals surface area contributed by atoms with Crippen molar-refractivity contribution in [2.45, 2.75) is 61.4 Å². The number of aromatic nitrogens is 3. The molecule has 0 aliphatic carbocycles. The van der Waals surface area contributed by atoms with Crippen molar-refractivity contribution in [3.05, 3.63) is 105 Å². The van der Waals surface area contributed by atoms with Crippen molar-refractivity contribution in [3.8, 4) is 17.2 Å². The van der Waals surface area contributed by atoms with Crippen LogP contribution in [0, 0.1) is 0 Å². The minimum Gasteiger partial charge on any atom is -0.489 e. The fraction of sp³-hybridized carbons (Fsp3) is 0.357. The molecule has 4 aromatic rings. The maximum atomic E-state index is 12.6. The van der Waals surface area contributed by atoms with Gasteiger partial charge in [0.25, 0.3) is 0 Å². The lowest BCUT2D eigenvalue weighted by Crippen LogP contribution is -2.14. The van der Waals surface area contributed by atoms with Crippen molar-refractivity contribution in [2.24, 2.45) is 0 Å². The second-order valence-electron chi connectivity index (χ2n) is 12.1. The van der Waals surface area contributed by atoms with Gasteiger partial charge in [-0.05, 0) is 76.4 Å². The zero-order valence-electron chi connectivity index (χ0n) is 34.0. The van der Waals surface area contributed by atoms with E-state index in [4.69, 9.17) is 42.6 Å². The zero-order chi connectivity index (χ0) is 43.6. The molecule has 18 nitrogen and oxygen atoms in total. The Balaban J connectivity index is 1.71. The molecule has 3 aromatic heterocycles. The van der Waals surface area contributed by atoms with Crippen LogP contribution in [0.5, 0.6) is 17.2 Å². The molecule has 0 atom stereocenters. The van der Waals surface area contributed by atoms with Gasteiger partial charge in [0.2, 0.25) is 0 Å². The molecular formula is C42H45N3O15. The summed E-state index contributed by atoms with van der Waals surface area (Å²) >= 11 is 0. The molecular weight excluding hydrogens is 786 g/mol. The molecule has 0 saturated carbocycles. The fourth-order valence-electron chi connectivity index (χ4n) is 5.21. The molecule has 4 rings (SSSR count). The van der Waals surface area contributed by atoms with Crippen molar-refractivity contribution >= 4 is 35.8 Å². The van der Waals surface area contributed by atoms with Crippen LogP contribution in [0.15, 0.2) is 54.6 Å². The number of carbonyl (C=O) groups is 6. The Bertz CT molecular complexity index is 1830. The predicted octanol–water partition coefficient (Wildman–Crippen LogP) is 5.67. The molecule has 318 valence electrons. The lowest BCUT2D eigenvalue weighted by Gasteiger charge is -2.15. The minimum absolute atomic E-state index is 0.0710. The highest BCUT2D eigenvalue weighted by Gasteiger charge is 2.21. The van der Waals surface area contributed by atoms with Crippen LogP contribution >= 0.6 is 0 Å². The first-order valence-corrected chi connectivity index (χ1v) is 19.0. The number of benzene rings is 1. The highest BCUT2D eigenvalue weighted by atomic mass is 16.6. The van der Waals surface area contributed by atoms with E-state index in [0.717, 1.165) is 0 Å². The number of nitrogens with zero attached hydrogens (tertiary/aromatic N) is 3. The zero-order valence-corrected chi connectivity index (χ0v) is 34.0. The van der Waals surface area contributed by atoms with Gasteiger partial charge in [0, 0.05) is 36.4 Å². The Morgan fingerprint density at radius 3 is 0.683 bits per heavy atom. The van der Waals surface area contributed by atoms with Crippen LogP contribution in [0.25, 0.3) is 0 Å². The summed E-state index contributed by atoms with van der Waals surface area (Å²) in [6.07, 6.45) is 0. The van der Waals surface area contributed by atoms with Crippen LogP contribution in [-0.4, -0.2) is 90.4 Å². The molecule has 0 bridgehead atoms. The maximum absolute atomic E-state index is 12.6. The minimum atomic E-state index is -0.770. The number of ether oxygens (including phenoxy) is 9. The Morgan fingerprint density at radius 2 is 0.517 bits per heavy atom. The van der Waals surface area contributed by atoms with Crippen molar-refractivity contribution in [1.82, 2.24) is 15.0 Å². The van der Waals surface area contributed by atoms with E-state index in [2.05, 4.69) is 15.0 Å². The Labute approximate surface area is 345 Å². The Kier molecular flexibility index (Phi) is 17.3. The van der Waals surface area contributed by atoms with Gasteiger partial charge in [0.1, 0.15) is 37.1 Å². The summed E-state index contributed by atoms with van der Waals surface area (Å²) in [4.78, 5) is 87.9. The van der Waals surface area contributed by atoms with E-state index < -0.39 is 35.8 Å². The van der Waals surface area contributed by atoms with Gasteiger partial charge in [-0.2, -0.15) is 0 Å². The molecule has 0 spiro atoms. The van der Waals surface area contributed by atoms with E-state index in [0.29, 0.717) is 16.7 Å². The third-order valence-corrected chi connectivity index (χ3v) is 7.63. The largest absolute Gasteiger partial charge is 0.489 e. The van der Waals surface area contributed by atoms with Crippen molar-refractivity contribution in [2.75, 3.05) is 39.6 Å². The monoisotopic (exact) mass is 831 g/mol. The van der Waals surface area contributed by atoms with Crippen LogP contribution in [0.2, 0.25) is 0 Å². The number of esters is 6. The topological polar surface area (TPSA) is 224 Å². The van der Waals surface area contributed by atoms with Gasteiger partial charge < -0.3 is 42.6 Å². The predicted molar refractivity (Wildman–Crippen MR) is 208 cm³/mol. The molecule has 0 fully saturated rings.